The Bertz CT molecular complexity index is 839. The summed E-state index contributed by atoms with van der Waals surface area (Å²) >= 11 is 5.99. The highest BCUT2D eigenvalue weighted by Gasteiger charge is 2.29. The van der Waals surface area contributed by atoms with Gasteiger partial charge in [0.05, 0.1) is 0 Å². The van der Waals surface area contributed by atoms with Crippen LogP contribution in [0.2, 0.25) is 5.02 Å². The molecular weight excluding hydrogens is 400 g/mol. The quantitative estimate of drug-likeness (QED) is 0.591. The summed E-state index contributed by atoms with van der Waals surface area (Å²) < 4.78 is 5.66. The SMILES string of the molecule is CC[C@H](C(=O)N[C@@H](C)CC)N(Cc1ccc(C)cc1)C(=O)COc1cccc(Cl)c1. The Balaban J connectivity index is 2.20. The van der Waals surface area contributed by atoms with E-state index in [0.717, 1.165) is 17.5 Å². The van der Waals surface area contributed by atoms with E-state index in [4.69, 9.17) is 16.3 Å². The van der Waals surface area contributed by atoms with Gasteiger partial charge in [-0.2, -0.15) is 0 Å². The number of carbonyl (C=O) groups is 2. The van der Waals surface area contributed by atoms with Crippen molar-refractivity contribution in [2.75, 3.05) is 6.61 Å². The van der Waals surface area contributed by atoms with Crippen molar-refractivity contribution in [2.45, 2.75) is 59.2 Å². The molecule has 0 aromatic heterocycles. The smallest absolute Gasteiger partial charge is 0.261 e. The number of nitrogens with zero attached hydrogens (tertiary/aromatic N) is 1. The van der Waals surface area contributed by atoms with Crippen LogP contribution in [0.25, 0.3) is 0 Å². The molecule has 0 fully saturated rings. The van der Waals surface area contributed by atoms with Crippen LogP contribution in [0, 0.1) is 6.92 Å². The minimum atomic E-state index is -0.573. The van der Waals surface area contributed by atoms with Gasteiger partial charge in [-0.1, -0.05) is 61.3 Å². The van der Waals surface area contributed by atoms with E-state index >= 15 is 0 Å². The predicted octanol–water partition coefficient (Wildman–Crippen LogP) is 4.75. The summed E-state index contributed by atoms with van der Waals surface area (Å²) in [4.78, 5) is 27.6. The molecule has 30 heavy (non-hydrogen) atoms. The van der Waals surface area contributed by atoms with E-state index in [1.807, 2.05) is 52.0 Å². The molecule has 162 valence electrons. The van der Waals surface area contributed by atoms with Crippen LogP contribution in [0.1, 0.15) is 44.7 Å². The molecule has 2 atom stereocenters. The predicted molar refractivity (Wildman–Crippen MR) is 121 cm³/mol. The van der Waals surface area contributed by atoms with Crippen molar-refractivity contribution in [1.29, 1.82) is 0 Å². The van der Waals surface area contributed by atoms with Crippen molar-refractivity contribution in [1.82, 2.24) is 10.2 Å². The minimum absolute atomic E-state index is 0.0468. The lowest BCUT2D eigenvalue weighted by Gasteiger charge is -2.31. The molecule has 2 amide bonds. The Morgan fingerprint density at radius 1 is 1.10 bits per heavy atom. The lowest BCUT2D eigenvalue weighted by Crippen LogP contribution is -2.51. The lowest BCUT2D eigenvalue weighted by atomic mass is 10.1. The molecule has 6 heteroatoms. The molecule has 0 bridgehead atoms. The average Bonchev–Trinajstić information content (AvgIpc) is 2.73. The van der Waals surface area contributed by atoms with Crippen LogP contribution in [0.5, 0.6) is 5.75 Å². The van der Waals surface area contributed by atoms with E-state index in [1.54, 1.807) is 29.2 Å². The van der Waals surface area contributed by atoms with Gasteiger partial charge in [-0.25, -0.2) is 0 Å². The van der Waals surface area contributed by atoms with Gasteiger partial charge in [0, 0.05) is 17.6 Å². The normalized spacial score (nSPS) is 12.7. The molecule has 0 radical (unpaired) electrons. The number of benzene rings is 2. The average molecular weight is 431 g/mol. The zero-order valence-electron chi connectivity index (χ0n) is 18.2. The highest BCUT2D eigenvalue weighted by Crippen LogP contribution is 2.18. The molecule has 0 saturated heterocycles. The molecule has 2 aromatic carbocycles. The van der Waals surface area contributed by atoms with Crippen LogP contribution < -0.4 is 10.1 Å². The molecule has 0 spiro atoms. The number of halogens is 1. The summed E-state index contributed by atoms with van der Waals surface area (Å²) in [5.74, 6) is 0.125. The monoisotopic (exact) mass is 430 g/mol. The molecule has 2 aromatic rings. The maximum atomic E-state index is 13.1. The van der Waals surface area contributed by atoms with Gasteiger partial charge in [-0.3, -0.25) is 9.59 Å². The molecule has 2 rings (SSSR count). The highest BCUT2D eigenvalue weighted by atomic mass is 35.5. The van der Waals surface area contributed by atoms with Gasteiger partial charge in [0.1, 0.15) is 11.8 Å². The molecule has 0 aliphatic carbocycles. The number of hydrogen-bond acceptors (Lipinski definition) is 3. The number of aryl methyl sites for hydroxylation is 1. The summed E-state index contributed by atoms with van der Waals surface area (Å²) in [6, 6.07) is 14.3. The first-order chi connectivity index (χ1) is 14.3. The van der Waals surface area contributed by atoms with Crippen LogP contribution in [0.15, 0.2) is 48.5 Å². The Hall–Kier alpha value is -2.53. The summed E-state index contributed by atoms with van der Waals surface area (Å²) in [6.45, 7) is 8.07. The summed E-state index contributed by atoms with van der Waals surface area (Å²) in [5, 5.41) is 3.54. The van der Waals surface area contributed by atoms with E-state index in [-0.39, 0.29) is 24.5 Å². The standard InChI is InChI=1S/C24H31ClN2O3/c1-5-18(4)26-24(29)22(6-2)27(15-19-12-10-17(3)11-13-19)23(28)16-30-21-9-7-8-20(25)14-21/h7-14,18,22H,5-6,15-16H2,1-4H3,(H,26,29)/t18-,22+/m0/s1. The van der Waals surface area contributed by atoms with E-state index < -0.39 is 6.04 Å². The topological polar surface area (TPSA) is 58.6 Å². The molecule has 0 saturated carbocycles. The summed E-state index contributed by atoms with van der Waals surface area (Å²) in [7, 11) is 0. The molecule has 5 nitrogen and oxygen atoms in total. The van der Waals surface area contributed by atoms with Crippen LogP contribution in [-0.2, 0) is 16.1 Å². The molecule has 0 heterocycles. The third-order valence-corrected chi connectivity index (χ3v) is 5.25. The van der Waals surface area contributed by atoms with Crippen molar-refractivity contribution in [3.8, 4) is 5.75 Å². The van der Waals surface area contributed by atoms with Gasteiger partial charge < -0.3 is 15.0 Å². The zero-order chi connectivity index (χ0) is 22.1. The Kier molecular flexibility index (Phi) is 9.18. The molecule has 0 aliphatic rings. The van der Waals surface area contributed by atoms with E-state index in [1.165, 1.54) is 0 Å². The number of ether oxygens (including phenoxy) is 1. The number of amides is 2. The van der Waals surface area contributed by atoms with Crippen molar-refractivity contribution in [2.24, 2.45) is 0 Å². The van der Waals surface area contributed by atoms with Gasteiger partial charge in [0.15, 0.2) is 6.61 Å². The van der Waals surface area contributed by atoms with Crippen LogP contribution in [0.3, 0.4) is 0 Å². The van der Waals surface area contributed by atoms with E-state index in [9.17, 15) is 9.59 Å². The number of nitrogens with one attached hydrogen (secondary N) is 1. The van der Waals surface area contributed by atoms with Crippen molar-refractivity contribution >= 4 is 23.4 Å². The first-order valence-corrected chi connectivity index (χ1v) is 10.8. The highest BCUT2D eigenvalue weighted by molar-refractivity contribution is 6.30. The van der Waals surface area contributed by atoms with Crippen LogP contribution in [0.4, 0.5) is 0 Å². The van der Waals surface area contributed by atoms with E-state index in [0.29, 0.717) is 23.7 Å². The molecule has 0 unspecified atom stereocenters. The van der Waals surface area contributed by atoms with E-state index in [2.05, 4.69) is 5.32 Å². The Morgan fingerprint density at radius 2 is 1.80 bits per heavy atom. The fourth-order valence-electron chi connectivity index (χ4n) is 3.04. The van der Waals surface area contributed by atoms with Gasteiger partial charge >= 0.3 is 0 Å². The van der Waals surface area contributed by atoms with Gasteiger partial charge in [0.25, 0.3) is 5.91 Å². The second kappa shape index (κ2) is 11.6. The first kappa shape index (κ1) is 23.7. The minimum Gasteiger partial charge on any atom is -0.484 e. The zero-order valence-corrected chi connectivity index (χ0v) is 18.9. The van der Waals surface area contributed by atoms with Crippen molar-refractivity contribution < 1.29 is 14.3 Å². The van der Waals surface area contributed by atoms with Crippen LogP contribution in [-0.4, -0.2) is 35.4 Å². The number of rotatable bonds is 10. The number of hydrogen-bond donors (Lipinski definition) is 1. The Labute approximate surface area is 184 Å². The number of carbonyl (C=O) groups excluding carboxylic acids is 2. The van der Waals surface area contributed by atoms with Crippen molar-refractivity contribution in [3.05, 3.63) is 64.7 Å². The van der Waals surface area contributed by atoms with Gasteiger partial charge in [-0.05, 0) is 50.5 Å². The van der Waals surface area contributed by atoms with Gasteiger partial charge in [-0.15, -0.1) is 0 Å². The fraction of sp³-hybridized carbons (Fsp3) is 0.417. The first-order valence-electron chi connectivity index (χ1n) is 10.4. The second-order valence-electron chi connectivity index (χ2n) is 7.50. The fourth-order valence-corrected chi connectivity index (χ4v) is 3.22. The third-order valence-electron chi connectivity index (χ3n) is 5.02. The third kappa shape index (κ3) is 7.06. The van der Waals surface area contributed by atoms with Crippen LogP contribution >= 0.6 is 11.6 Å². The maximum Gasteiger partial charge on any atom is 0.261 e. The summed E-state index contributed by atoms with van der Waals surface area (Å²) in [5.41, 5.74) is 2.11. The van der Waals surface area contributed by atoms with Gasteiger partial charge in [0.2, 0.25) is 5.91 Å². The second-order valence-corrected chi connectivity index (χ2v) is 7.93. The molecule has 0 aliphatic heterocycles. The molecular formula is C24H31ClN2O3. The summed E-state index contributed by atoms with van der Waals surface area (Å²) in [6.07, 6.45) is 1.34. The Morgan fingerprint density at radius 3 is 2.40 bits per heavy atom. The lowest BCUT2D eigenvalue weighted by molar-refractivity contribution is -0.143. The molecule has 1 N–H and O–H groups in total. The van der Waals surface area contributed by atoms with Crippen molar-refractivity contribution in [3.63, 3.8) is 0 Å². The largest absolute Gasteiger partial charge is 0.484 e. The maximum absolute atomic E-state index is 13.1.